The SMILES string of the molecule is CCOC(=O)[C@H](Cc1ccc(O)c(O)c1)NC(=O)OC(C)(C)C. The molecule has 0 bridgehead atoms. The van der Waals surface area contributed by atoms with Gasteiger partial charge in [-0.2, -0.15) is 0 Å². The molecule has 0 aliphatic rings. The number of alkyl carbamates (subject to hydrolysis) is 1. The number of amides is 1. The van der Waals surface area contributed by atoms with E-state index in [2.05, 4.69) is 5.32 Å². The summed E-state index contributed by atoms with van der Waals surface area (Å²) in [7, 11) is 0. The number of phenols is 2. The minimum Gasteiger partial charge on any atom is -0.504 e. The largest absolute Gasteiger partial charge is 0.504 e. The van der Waals surface area contributed by atoms with Crippen LogP contribution in [-0.4, -0.2) is 40.5 Å². The summed E-state index contributed by atoms with van der Waals surface area (Å²) in [6.45, 7) is 6.97. The van der Waals surface area contributed by atoms with Crippen molar-refractivity contribution >= 4 is 12.1 Å². The van der Waals surface area contributed by atoms with Gasteiger partial charge in [-0.15, -0.1) is 0 Å². The molecule has 7 nitrogen and oxygen atoms in total. The number of hydrogen-bond acceptors (Lipinski definition) is 6. The summed E-state index contributed by atoms with van der Waals surface area (Å²) in [4.78, 5) is 23.9. The van der Waals surface area contributed by atoms with E-state index in [9.17, 15) is 19.8 Å². The van der Waals surface area contributed by atoms with Crippen LogP contribution in [0.3, 0.4) is 0 Å². The van der Waals surface area contributed by atoms with Gasteiger partial charge in [-0.25, -0.2) is 9.59 Å². The Bertz CT molecular complexity index is 564. The molecule has 7 heteroatoms. The fourth-order valence-corrected chi connectivity index (χ4v) is 1.82. The molecule has 0 aromatic heterocycles. The lowest BCUT2D eigenvalue weighted by atomic mass is 10.1. The number of benzene rings is 1. The Hall–Kier alpha value is -2.44. The average molecular weight is 325 g/mol. The van der Waals surface area contributed by atoms with E-state index in [1.807, 2.05) is 0 Å². The molecule has 23 heavy (non-hydrogen) atoms. The van der Waals surface area contributed by atoms with Crippen molar-refractivity contribution in [2.75, 3.05) is 6.61 Å². The Kier molecular flexibility index (Phi) is 6.24. The van der Waals surface area contributed by atoms with E-state index in [4.69, 9.17) is 9.47 Å². The minimum atomic E-state index is -0.964. The van der Waals surface area contributed by atoms with Gasteiger partial charge in [0.2, 0.25) is 0 Å². The first-order valence-corrected chi connectivity index (χ1v) is 7.29. The van der Waals surface area contributed by atoms with Gasteiger partial charge in [0, 0.05) is 6.42 Å². The molecule has 0 spiro atoms. The van der Waals surface area contributed by atoms with Crippen molar-refractivity contribution in [3.8, 4) is 11.5 Å². The van der Waals surface area contributed by atoms with Gasteiger partial charge in [-0.3, -0.25) is 0 Å². The van der Waals surface area contributed by atoms with Crippen LogP contribution < -0.4 is 5.32 Å². The zero-order valence-electron chi connectivity index (χ0n) is 13.8. The summed E-state index contributed by atoms with van der Waals surface area (Å²) >= 11 is 0. The molecule has 1 amide bonds. The van der Waals surface area contributed by atoms with Crippen LogP contribution in [0.5, 0.6) is 11.5 Å². The van der Waals surface area contributed by atoms with Gasteiger partial charge in [0.05, 0.1) is 6.61 Å². The van der Waals surface area contributed by atoms with Crippen molar-refractivity contribution in [3.63, 3.8) is 0 Å². The molecule has 3 N–H and O–H groups in total. The second-order valence-electron chi connectivity index (χ2n) is 5.98. The van der Waals surface area contributed by atoms with E-state index in [-0.39, 0.29) is 24.5 Å². The highest BCUT2D eigenvalue weighted by atomic mass is 16.6. The summed E-state index contributed by atoms with van der Waals surface area (Å²) < 4.78 is 10.1. The van der Waals surface area contributed by atoms with Crippen LogP contribution in [-0.2, 0) is 20.7 Å². The Morgan fingerprint density at radius 2 is 1.87 bits per heavy atom. The third-order valence-electron chi connectivity index (χ3n) is 2.74. The molecule has 1 aromatic carbocycles. The van der Waals surface area contributed by atoms with Crippen LogP contribution in [0.2, 0.25) is 0 Å². The first-order valence-electron chi connectivity index (χ1n) is 7.29. The Morgan fingerprint density at radius 1 is 1.22 bits per heavy atom. The van der Waals surface area contributed by atoms with E-state index in [1.54, 1.807) is 27.7 Å². The molecule has 0 radical (unpaired) electrons. The van der Waals surface area contributed by atoms with Crippen molar-refractivity contribution in [2.45, 2.75) is 45.8 Å². The maximum Gasteiger partial charge on any atom is 0.408 e. The number of nitrogens with one attached hydrogen (secondary N) is 1. The van der Waals surface area contributed by atoms with Gasteiger partial charge in [-0.05, 0) is 45.4 Å². The van der Waals surface area contributed by atoms with Crippen molar-refractivity contribution in [1.29, 1.82) is 0 Å². The molecule has 1 aromatic rings. The summed E-state index contributed by atoms with van der Waals surface area (Å²) in [6.07, 6.45) is -0.648. The fourth-order valence-electron chi connectivity index (χ4n) is 1.82. The lowest BCUT2D eigenvalue weighted by Crippen LogP contribution is -2.45. The van der Waals surface area contributed by atoms with E-state index in [1.165, 1.54) is 18.2 Å². The third kappa shape index (κ3) is 6.46. The maximum atomic E-state index is 12.0. The van der Waals surface area contributed by atoms with Crippen LogP contribution in [0.1, 0.15) is 33.3 Å². The highest BCUT2D eigenvalue weighted by molar-refractivity contribution is 5.81. The van der Waals surface area contributed by atoms with Crippen molar-refractivity contribution < 1.29 is 29.3 Å². The maximum absolute atomic E-state index is 12.0. The molecule has 0 fully saturated rings. The number of esters is 1. The van der Waals surface area contributed by atoms with Crippen LogP contribution >= 0.6 is 0 Å². The zero-order chi connectivity index (χ0) is 17.6. The van der Waals surface area contributed by atoms with Gasteiger partial charge in [0.1, 0.15) is 11.6 Å². The van der Waals surface area contributed by atoms with Crippen molar-refractivity contribution in [3.05, 3.63) is 23.8 Å². The lowest BCUT2D eigenvalue weighted by molar-refractivity contribution is -0.145. The minimum absolute atomic E-state index is 0.0892. The van der Waals surface area contributed by atoms with Crippen LogP contribution in [0.25, 0.3) is 0 Å². The molecule has 0 aliphatic carbocycles. The number of carbonyl (C=O) groups excluding carboxylic acids is 2. The van der Waals surface area contributed by atoms with Gasteiger partial charge >= 0.3 is 12.1 Å². The van der Waals surface area contributed by atoms with Gasteiger partial charge in [0.15, 0.2) is 11.5 Å². The number of carbonyl (C=O) groups is 2. The lowest BCUT2D eigenvalue weighted by Gasteiger charge is -2.23. The quantitative estimate of drug-likeness (QED) is 0.565. The van der Waals surface area contributed by atoms with Crippen LogP contribution in [0, 0.1) is 0 Å². The monoisotopic (exact) mass is 325 g/mol. The molecular weight excluding hydrogens is 302 g/mol. The zero-order valence-corrected chi connectivity index (χ0v) is 13.8. The second-order valence-corrected chi connectivity index (χ2v) is 5.98. The third-order valence-corrected chi connectivity index (χ3v) is 2.74. The number of phenolic OH excluding ortho intramolecular Hbond substituents is 2. The Balaban J connectivity index is 2.85. The Morgan fingerprint density at radius 3 is 2.39 bits per heavy atom. The normalized spacial score (nSPS) is 12.3. The highest BCUT2D eigenvalue weighted by Crippen LogP contribution is 2.25. The first kappa shape index (κ1) is 18.6. The van der Waals surface area contributed by atoms with E-state index in [0.717, 1.165) is 0 Å². The summed E-state index contributed by atoms with van der Waals surface area (Å²) in [5, 5.41) is 21.3. The molecule has 128 valence electrons. The molecule has 0 saturated carbocycles. The van der Waals surface area contributed by atoms with Crippen LogP contribution in [0.15, 0.2) is 18.2 Å². The number of aromatic hydroxyl groups is 2. The molecule has 1 rings (SSSR count). The second kappa shape index (κ2) is 7.71. The number of hydrogen-bond donors (Lipinski definition) is 3. The topological polar surface area (TPSA) is 105 Å². The molecule has 1 atom stereocenters. The summed E-state index contributed by atoms with van der Waals surface area (Å²) in [5.41, 5.74) is -0.144. The van der Waals surface area contributed by atoms with E-state index >= 15 is 0 Å². The van der Waals surface area contributed by atoms with Gasteiger partial charge in [-0.1, -0.05) is 6.07 Å². The van der Waals surface area contributed by atoms with Crippen molar-refractivity contribution in [2.24, 2.45) is 0 Å². The molecule has 0 heterocycles. The standard InChI is InChI=1S/C16H23NO6/c1-5-22-14(20)11(17-15(21)23-16(2,3)4)8-10-6-7-12(18)13(19)9-10/h6-7,9,11,18-19H,5,8H2,1-4H3,(H,17,21)/t11-/m0/s1. The summed E-state index contributed by atoms with van der Waals surface area (Å²) in [5.74, 6) is -1.17. The van der Waals surface area contributed by atoms with Gasteiger partial charge < -0.3 is 25.0 Å². The molecule has 0 aliphatic heterocycles. The van der Waals surface area contributed by atoms with Crippen molar-refractivity contribution in [1.82, 2.24) is 5.32 Å². The molecule has 0 unspecified atom stereocenters. The smallest absolute Gasteiger partial charge is 0.408 e. The van der Waals surface area contributed by atoms with E-state index in [0.29, 0.717) is 5.56 Å². The van der Waals surface area contributed by atoms with Crippen LogP contribution in [0.4, 0.5) is 4.79 Å². The van der Waals surface area contributed by atoms with Gasteiger partial charge in [0.25, 0.3) is 0 Å². The average Bonchev–Trinajstić information content (AvgIpc) is 2.40. The molecule has 0 saturated heterocycles. The number of rotatable bonds is 5. The Labute approximate surface area is 135 Å². The molecular formula is C16H23NO6. The highest BCUT2D eigenvalue weighted by Gasteiger charge is 2.25. The first-order chi connectivity index (χ1) is 10.6. The fraction of sp³-hybridized carbons (Fsp3) is 0.500. The predicted octanol–water partition coefficient (Wildman–Crippen LogP) is 2.10. The predicted molar refractivity (Wildman–Crippen MR) is 83.3 cm³/mol. The van der Waals surface area contributed by atoms with E-state index < -0.39 is 23.7 Å². The summed E-state index contributed by atoms with van der Waals surface area (Å²) in [6, 6.07) is 3.20. The number of ether oxygens (including phenoxy) is 2.